The monoisotopic (exact) mass is 750 g/mol. The molecular formula is C36H48Cl2N4O9. The van der Waals surface area contributed by atoms with Crippen LogP contribution in [0.5, 0.6) is 17.2 Å². The van der Waals surface area contributed by atoms with Crippen molar-refractivity contribution in [2.45, 2.75) is 98.7 Å². The number of aliphatic hydroxyl groups excluding tert-OH is 3. The van der Waals surface area contributed by atoms with Gasteiger partial charge >= 0.3 is 0 Å². The number of nitrogens with zero attached hydrogens (tertiary/aromatic N) is 4. The lowest BCUT2D eigenvalue weighted by atomic mass is 10.1. The summed E-state index contributed by atoms with van der Waals surface area (Å²) >= 11 is 11.7. The normalized spacial score (nSPS) is 12.5. The third kappa shape index (κ3) is 14.3. The van der Waals surface area contributed by atoms with Crippen LogP contribution in [0.4, 0.5) is 0 Å². The van der Waals surface area contributed by atoms with E-state index >= 15 is 0 Å². The average Bonchev–Trinajstić information content (AvgIpc) is 3.06. The number of halogens is 2. The van der Waals surface area contributed by atoms with Crippen molar-refractivity contribution in [1.29, 1.82) is 0 Å². The molecule has 0 radical (unpaired) electrons. The molecule has 0 saturated carbocycles. The first-order valence-electron chi connectivity index (χ1n) is 16.0. The third-order valence-electron chi connectivity index (χ3n) is 6.56. The molecule has 280 valence electrons. The first kappa shape index (κ1) is 43.2. The smallest absolute Gasteiger partial charge is 0.289 e. The summed E-state index contributed by atoms with van der Waals surface area (Å²) < 4.78 is 18.6. The van der Waals surface area contributed by atoms with Gasteiger partial charge in [-0.2, -0.15) is 10.2 Å². The largest absolute Gasteiger partial charge is 0.505 e. The van der Waals surface area contributed by atoms with Crippen molar-refractivity contribution in [3.63, 3.8) is 0 Å². The highest BCUT2D eigenvalue weighted by Crippen LogP contribution is 2.23. The zero-order valence-electron chi connectivity index (χ0n) is 30.1. The van der Waals surface area contributed by atoms with E-state index in [4.69, 9.17) is 52.7 Å². The second-order valence-electron chi connectivity index (χ2n) is 13.4. The highest BCUT2D eigenvalue weighted by atomic mass is 35.5. The van der Waals surface area contributed by atoms with Crippen molar-refractivity contribution in [3.05, 3.63) is 108 Å². The van der Waals surface area contributed by atoms with Gasteiger partial charge in [0, 0.05) is 0 Å². The minimum Gasteiger partial charge on any atom is -0.505 e. The van der Waals surface area contributed by atoms with Crippen LogP contribution in [0.2, 0.25) is 10.0 Å². The van der Waals surface area contributed by atoms with Gasteiger partial charge < -0.3 is 34.6 Å². The fraction of sp³-hybridized carbons (Fsp3) is 0.444. The molecule has 13 nitrogen and oxygen atoms in total. The van der Waals surface area contributed by atoms with E-state index in [1.807, 2.05) is 77.9 Å². The molecule has 0 spiro atoms. The molecule has 0 aliphatic carbocycles. The number of ether oxygens (including phenoxy) is 3. The topological polar surface area (TPSA) is 178 Å². The summed E-state index contributed by atoms with van der Waals surface area (Å²) in [6.45, 7) is 15.3. The maximum Gasteiger partial charge on any atom is 0.289 e. The van der Waals surface area contributed by atoms with Crippen molar-refractivity contribution in [1.82, 2.24) is 19.6 Å². The van der Waals surface area contributed by atoms with E-state index in [0.29, 0.717) is 12.4 Å². The summed E-state index contributed by atoms with van der Waals surface area (Å²) in [6, 6.07) is 14.7. The van der Waals surface area contributed by atoms with E-state index in [-0.39, 0.29) is 46.9 Å². The van der Waals surface area contributed by atoms with Crippen LogP contribution in [0.1, 0.15) is 72.1 Å². The van der Waals surface area contributed by atoms with E-state index in [0.717, 1.165) is 22.9 Å². The van der Waals surface area contributed by atoms with E-state index in [9.17, 15) is 14.7 Å². The van der Waals surface area contributed by atoms with Crippen LogP contribution in [-0.4, -0.2) is 59.0 Å². The molecular weight excluding hydrogens is 703 g/mol. The predicted octanol–water partition coefficient (Wildman–Crippen LogP) is 5.38. The summed E-state index contributed by atoms with van der Waals surface area (Å²) in [6.07, 6.45) is 1.36. The number of aromatic nitrogens is 4. The highest BCUT2D eigenvalue weighted by molar-refractivity contribution is 6.32. The van der Waals surface area contributed by atoms with E-state index < -0.39 is 29.0 Å². The van der Waals surface area contributed by atoms with Crippen molar-refractivity contribution in [2.75, 3.05) is 6.61 Å². The van der Waals surface area contributed by atoms with Crippen molar-refractivity contribution in [2.24, 2.45) is 0 Å². The summed E-state index contributed by atoms with van der Waals surface area (Å²) in [5, 5.41) is 43.6. The minimum atomic E-state index is -0.738. The minimum absolute atomic E-state index is 0.0156. The van der Waals surface area contributed by atoms with Gasteiger partial charge in [0.1, 0.15) is 19.0 Å². The maximum absolute atomic E-state index is 12.3. The van der Waals surface area contributed by atoms with Crippen molar-refractivity contribution >= 4 is 23.2 Å². The van der Waals surface area contributed by atoms with Gasteiger partial charge in [-0.3, -0.25) is 9.59 Å². The molecule has 4 rings (SSSR count). The van der Waals surface area contributed by atoms with Crippen LogP contribution in [0, 0.1) is 0 Å². The van der Waals surface area contributed by atoms with Crippen LogP contribution >= 0.6 is 23.2 Å². The lowest BCUT2D eigenvalue weighted by Crippen LogP contribution is -2.36. The second-order valence-corrected chi connectivity index (χ2v) is 14.2. The lowest BCUT2D eigenvalue weighted by molar-refractivity contribution is -0.0939. The Morgan fingerprint density at radius 2 is 1.20 bits per heavy atom. The Morgan fingerprint density at radius 1 is 0.725 bits per heavy atom. The van der Waals surface area contributed by atoms with Crippen LogP contribution in [0.3, 0.4) is 0 Å². The zero-order chi connectivity index (χ0) is 38.5. The molecule has 0 fully saturated rings. The van der Waals surface area contributed by atoms with Crippen LogP contribution in [0.25, 0.3) is 0 Å². The Labute approximate surface area is 307 Å². The van der Waals surface area contributed by atoms with Gasteiger partial charge in [0.05, 0.1) is 42.8 Å². The molecule has 2 atom stereocenters. The molecule has 0 saturated heterocycles. The third-order valence-corrected chi connectivity index (χ3v) is 7.27. The van der Waals surface area contributed by atoms with Gasteiger partial charge in [-0.1, -0.05) is 59.6 Å². The summed E-state index contributed by atoms with van der Waals surface area (Å²) in [4.78, 5) is 23.7. The van der Waals surface area contributed by atoms with Crippen LogP contribution < -0.4 is 20.6 Å². The number of aliphatic hydroxyl groups is 3. The fourth-order valence-electron chi connectivity index (χ4n) is 3.92. The molecule has 15 heteroatoms. The molecule has 4 aromatic rings. The van der Waals surface area contributed by atoms with Gasteiger partial charge in [-0.15, -0.1) is 0 Å². The molecule has 4 N–H and O–H groups in total. The number of aromatic hydroxyl groups is 1. The van der Waals surface area contributed by atoms with Crippen molar-refractivity contribution in [3.8, 4) is 17.2 Å². The quantitative estimate of drug-likeness (QED) is 0.153. The van der Waals surface area contributed by atoms with E-state index in [1.165, 1.54) is 15.6 Å². The molecule has 0 aliphatic rings. The molecule has 0 aliphatic heterocycles. The van der Waals surface area contributed by atoms with Gasteiger partial charge in [0.25, 0.3) is 11.1 Å². The average molecular weight is 752 g/mol. The van der Waals surface area contributed by atoms with Gasteiger partial charge in [-0.05, 0) is 84.2 Å². The summed E-state index contributed by atoms with van der Waals surface area (Å²) in [5.41, 5.74) is 0.998. The zero-order valence-corrected chi connectivity index (χ0v) is 31.6. The predicted molar refractivity (Wildman–Crippen MR) is 195 cm³/mol. The van der Waals surface area contributed by atoms with Crippen LogP contribution in [-0.2, 0) is 35.6 Å². The Hall–Kier alpha value is -3.98. The lowest BCUT2D eigenvalue weighted by Gasteiger charge is -2.21. The second kappa shape index (κ2) is 19.6. The highest BCUT2D eigenvalue weighted by Gasteiger charge is 2.20. The summed E-state index contributed by atoms with van der Waals surface area (Å²) in [5.74, 6) is 0.630. The number of hydrogen-bond acceptors (Lipinski definition) is 11. The molecule has 51 heavy (non-hydrogen) atoms. The van der Waals surface area contributed by atoms with Crippen molar-refractivity contribution < 1.29 is 34.6 Å². The van der Waals surface area contributed by atoms with Crippen LogP contribution in [0.15, 0.2) is 70.5 Å². The standard InChI is InChI=1S/C18H23ClN2O4.C10H14O3.C8H11ClN2O2/c1-12(22)10-24-14-7-5-13(6-8-14)11-25-15-9-20-21(18(2,3)4)17(23)16(15)19;1-8(12)13-7-10-4-2-9(6-11)3-5-10;1-8(2,3)11-7(13)6(9)5(12)4-10-11/h5-9,12,22H,10-11H2,1-4H3;2-5,8,11-12H,6-7H2,1H3;4,12H,1-3H3. The fourth-order valence-corrected chi connectivity index (χ4v) is 4.23. The summed E-state index contributed by atoms with van der Waals surface area (Å²) in [7, 11) is 0. The number of rotatable bonds is 10. The first-order valence-corrected chi connectivity index (χ1v) is 16.8. The Balaban J connectivity index is 0.000000292. The molecule has 2 aromatic heterocycles. The van der Waals surface area contributed by atoms with Gasteiger partial charge in [-0.25, -0.2) is 9.36 Å². The van der Waals surface area contributed by atoms with E-state index in [1.54, 1.807) is 26.0 Å². The molecule has 0 amide bonds. The Kier molecular flexibility index (Phi) is 16.6. The Morgan fingerprint density at radius 3 is 1.69 bits per heavy atom. The molecule has 2 aromatic carbocycles. The number of hydrogen-bond donors (Lipinski definition) is 4. The maximum atomic E-state index is 12.3. The molecule has 2 heterocycles. The first-order chi connectivity index (χ1) is 23.7. The molecule has 2 unspecified atom stereocenters. The van der Waals surface area contributed by atoms with Gasteiger partial charge in [0.15, 0.2) is 27.8 Å². The van der Waals surface area contributed by atoms with Gasteiger partial charge in [0.2, 0.25) is 0 Å². The number of benzene rings is 2. The Bertz CT molecular complexity index is 1780. The SMILES string of the molecule is CC(C)(C)n1ncc(O)c(Cl)c1=O.CC(O)COc1ccc(COc2cnn(C(C)(C)C)c(=O)c2Cl)cc1.CC(O)OCc1ccc(CO)cc1. The van der Waals surface area contributed by atoms with E-state index in [2.05, 4.69) is 10.2 Å². The molecule has 0 bridgehead atoms.